The molecule has 1 aliphatic rings. The number of carbonyl (C=O) groups excluding carboxylic acids is 2. The second-order valence-corrected chi connectivity index (χ2v) is 16.0. The molecule has 7 aromatic rings. The molecule has 9 heteroatoms. The Morgan fingerprint density at radius 2 is 0.836 bits per heavy atom. The summed E-state index contributed by atoms with van der Waals surface area (Å²) in [7, 11) is -1.59. The van der Waals surface area contributed by atoms with E-state index >= 15 is 0 Å². The zero-order valence-corrected chi connectivity index (χ0v) is 31.3. The standard InChI is InChI=1S/C46H39N4O4P/c1-30(32-18-6-3-7-19-32)47-41(51)35-24-12-16-28-39(35)45-49-43(53)37-26-14-15-27-38(37)44(54)50(49)46(55(45)34-22-10-5-11-23-34)40-29-17-13-25-36(40)42(52)48-31(2)33-20-8-4-9-21-33/h3-31,45-46H,1-2H3,(H,47,51)(H,48,52)/t30-,31-,45-,46-/m0/s1. The van der Waals surface area contributed by atoms with Crippen LogP contribution in [0.25, 0.3) is 10.8 Å². The molecule has 4 atom stereocenters. The average Bonchev–Trinajstić information content (AvgIpc) is 3.60. The molecule has 0 bridgehead atoms. The van der Waals surface area contributed by atoms with E-state index < -0.39 is 19.5 Å². The van der Waals surface area contributed by atoms with Crippen LogP contribution in [0.3, 0.4) is 0 Å². The van der Waals surface area contributed by atoms with Crippen molar-refractivity contribution in [3.05, 3.63) is 218 Å². The highest BCUT2D eigenvalue weighted by Crippen LogP contribution is 2.65. The minimum Gasteiger partial charge on any atom is -0.346 e. The van der Waals surface area contributed by atoms with Crippen LogP contribution in [0, 0.1) is 0 Å². The molecule has 55 heavy (non-hydrogen) atoms. The average molecular weight is 743 g/mol. The van der Waals surface area contributed by atoms with Crippen LogP contribution in [0.5, 0.6) is 0 Å². The Morgan fingerprint density at radius 1 is 0.491 bits per heavy atom. The van der Waals surface area contributed by atoms with E-state index in [0.717, 1.165) is 16.4 Å². The Kier molecular flexibility index (Phi) is 9.83. The van der Waals surface area contributed by atoms with Gasteiger partial charge in [-0.1, -0.05) is 140 Å². The van der Waals surface area contributed by atoms with Crippen LogP contribution in [-0.2, 0) is 0 Å². The van der Waals surface area contributed by atoms with Crippen LogP contribution in [0.1, 0.15) is 80.5 Å². The van der Waals surface area contributed by atoms with E-state index in [1.54, 1.807) is 45.8 Å². The maximum atomic E-state index is 14.9. The summed E-state index contributed by atoms with van der Waals surface area (Å²) in [4.78, 5) is 58.5. The number of nitrogens with zero attached hydrogens (tertiary/aromatic N) is 2. The lowest BCUT2D eigenvalue weighted by molar-refractivity contribution is 0.0930. The van der Waals surface area contributed by atoms with Gasteiger partial charge in [0.1, 0.15) is 11.6 Å². The number of hydrogen-bond donors (Lipinski definition) is 2. The first-order chi connectivity index (χ1) is 26.8. The number of hydrogen-bond acceptors (Lipinski definition) is 4. The van der Waals surface area contributed by atoms with Crippen molar-refractivity contribution in [2.75, 3.05) is 0 Å². The van der Waals surface area contributed by atoms with Crippen LogP contribution < -0.4 is 27.1 Å². The fraction of sp³-hybridized carbons (Fsp3) is 0.130. The van der Waals surface area contributed by atoms with Gasteiger partial charge in [0.25, 0.3) is 22.9 Å². The highest BCUT2D eigenvalue weighted by Gasteiger charge is 2.47. The van der Waals surface area contributed by atoms with Gasteiger partial charge >= 0.3 is 0 Å². The normalized spacial score (nSPS) is 16.3. The molecule has 0 spiro atoms. The zero-order valence-electron chi connectivity index (χ0n) is 30.4. The Balaban J connectivity index is 1.35. The lowest BCUT2D eigenvalue weighted by Crippen LogP contribution is -2.38. The second-order valence-electron chi connectivity index (χ2n) is 13.7. The molecular formula is C46H39N4O4P. The van der Waals surface area contributed by atoms with E-state index in [1.165, 1.54) is 0 Å². The van der Waals surface area contributed by atoms with E-state index in [-0.39, 0.29) is 35.0 Å². The van der Waals surface area contributed by atoms with Crippen LogP contribution in [0.15, 0.2) is 173 Å². The van der Waals surface area contributed by atoms with Crippen molar-refractivity contribution >= 4 is 35.8 Å². The number of nitrogens with one attached hydrogen (secondary N) is 2. The summed E-state index contributed by atoms with van der Waals surface area (Å²) in [6, 6.07) is 50.2. The third kappa shape index (κ3) is 6.59. The highest BCUT2D eigenvalue weighted by atomic mass is 31.1. The smallest absolute Gasteiger partial charge is 0.274 e. The summed E-state index contributed by atoms with van der Waals surface area (Å²) < 4.78 is 3.12. The predicted octanol–water partition coefficient (Wildman–Crippen LogP) is 8.06. The Morgan fingerprint density at radius 3 is 1.25 bits per heavy atom. The number of amides is 2. The SMILES string of the molecule is C[C@H](NC(=O)c1ccccc1[C@H]1n2c(=O)c3ccccc3c(=O)n2[C@H](c2ccccc2C(=O)N[C@@H](C)c2ccccc2)P1c1ccccc1)c1ccccc1. The monoisotopic (exact) mass is 742 g/mol. The van der Waals surface area contributed by atoms with E-state index in [2.05, 4.69) is 10.6 Å². The Labute approximate surface area is 319 Å². The summed E-state index contributed by atoms with van der Waals surface area (Å²) in [5.41, 5.74) is 3.25. The first-order valence-electron chi connectivity index (χ1n) is 18.3. The molecule has 1 aromatic heterocycles. The van der Waals surface area contributed by atoms with Crippen LogP contribution in [0.4, 0.5) is 0 Å². The molecule has 0 fully saturated rings. The summed E-state index contributed by atoms with van der Waals surface area (Å²) in [6.07, 6.45) is 0. The third-order valence-electron chi connectivity index (χ3n) is 10.3. The van der Waals surface area contributed by atoms with Crippen molar-refractivity contribution in [2.24, 2.45) is 0 Å². The molecule has 2 N–H and O–H groups in total. The topological polar surface area (TPSA) is 102 Å². The number of carbonyl (C=O) groups is 2. The second kappa shape index (κ2) is 15.2. The molecule has 2 amide bonds. The van der Waals surface area contributed by atoms with E-state index in [0.29, 0.717) is 33.0 Å². The van der Waals surface area contributed by atoms with Crippen molar-refractivity contribution < 1.29 is 9.59 Å². The largest absolute Gasteiger partial charge is 0.346 e. The first kappa shape index (κ1) is 35.6. The Bertz CT molecular complexity index is 2480. The summed E-state index contributed by atoms with van der Waals surface area (Å²) in [5.74, 6) is -2.09. The number of benzene rings is 6. The maximum absolute atomic E-state index is 14.9. The van der Waals surface area contributed by atoms with Gasteiger partial charge in [-0.25, -0.2) is 9.36 Å². The van der Waals surface area contributed by atoms with Crippen LogP contribution in [-0.4, -0.2) is 21.2 Å². The molecular weight excluding hydrogens is 704 g/mol. The van der Waals surface area contributed by atoms with Crippen LogP contribution >= 0.6 is 7.92 Å². The molecule has 0 unspecified atom stereocenters. The van der Waals surface area contributed by atoms with Crippen molar-refractivity contribution in [1.82, 2.24) is 20.0 Å². The molecule has 8 rings (SSSR count). The number of aromatic nitrogens is 2. The molecule has 6 aromatic carbocycles. The van der Waals surface area contributed by atoms with Gasteiger partial charge in [-0.3, -0.25) is 19.2 Å². The minimum absolute atomic E-state index is 0.291. The molecule has 0 aliphatic carbocycles. The highest BCUT2D eigenvalue weighted by molar-refractivity contribution is 7.66. The Hall–Kier alpha value is -6.37. The van der Waals surface area contributed by atoms with Gasteiger partial charge in [0, 0.05) is 11.1 Å². The van der Waals surface area contributed by atoms with Crippen molar-refractivity contribution in [3.63, 3.8) is 0 Å². The van der Waals surface area contributed by atoms with Crippen molar-refractivity contribution in [3.8, 4) is 0 Å². The van der Waals surface area contributed by atoms with Gasteiger partial charge in [0.2, 0.25) is 0 Å². The van der Waals surface area contributed by atoms with Gasteiger partial charge in [0.15, 0.2) is 0 Å². The fourth-order valence-electron chi connectivity index (χ4n) is 7.63. The number of fused-ring (bicyclic) bond motifs is 2. The predicted molar refractivity (Wildman–Crippen MR) is 219 cm³/mol. The summed E-state index contributed by atoms with van der Waals surface area (Å²) in [6.45, 7) is 3.87. The van der Waals surface area contributed by atoms with Gasteiger partial charge < -0.3 is 10.6 Å². The third-order valence-corrected chi connectivity index (χ3v) is 13.3. The zero-order chi connectivity index (χ0) is 38.1. The number of rotatable bonds is 9. The summed E-state index contributed by atoms with van der Waals surface area (Å²) in [5, 5.41) is 7.83. The summed E-state index contributed by atoms with van der Waals surface area (Å²) >= 11 is 0. The lowest BCUT2D eigenvalue weighted by Gasteiger charge is -2.28. The van der Waals surface area contributed by atoms with Gasteiger partial charge in [-0.05, 0) is 73.6 Å². The molecule has 2 heterocycles. The maximum Gasteiger partial charge on any atom is 0.274 e. The molecule has 0 saturated carbocycles. The fourth-order valence-corrected chi connectivity index (χ4v) is 10.9. The van der Waals surface area contributed by atoms with E-state index in [9.17, 15) is 19.2 Å². The molecule has 0 saturated heterocycles. The first-order valence-corrected chi connectivity index (χ1v) is 19.8. The minimum atomic E-state index is -1.59. The van der Waals surface area contributed by atoms with Gasteiger partial charge in [0.05, 0.1) is 22.9 Å². The van der Waals surface area contributed by atoms with Gasteiger partial charge in [-0.2, -0.15) is 0 Å². The quantitative estimate of drug-likeness (QED) is 0.146. The molecule has 8 nitrogen and oxygen atoms in total. The lowest BCUT2D eigenvalue weighted by atomic mass is 10.0. The van der Waals surface area contributed by atoms with E-state index in [1.807, 2.05) is 141 Å². The molecule has 0 radical (unpaired) electrons. The van der Waals surface area contributed by atoms with Crippen LogP contribution in [0.2, 0.25) is 0 Å². The molecule has 1 aliphatic heterocycles. The van der Waals surface area contributed by atoms with Crippen molar-refractivity contribution in [2.45, 2.75) is 37.5 Å². The molecule has 272 valence electrons. The van der Waals surface area contributed by atoms with Gasteiger partial charge in [-0.15, -0.1) is 0 Å². The van der Waals surface area contributed by atoms with Crippen molar-refractivity contribution in [1.29, 1.82) is 0 Å². The van der Waals surface area contributed by atoms with E-state index in [4.69, 9.17) is 0 Å².